The summed E-state index contributed by atoms with van der Waals surface area (Å²) < 4.78 is 12.8. The summed E-state index contributed by atoms with van der Waals surface area (Å²) in [6, 6.07) is 6.70. The van der Waals surface area contributed by atoms with Gasteiger partial charge in [-0.15, -0.1) is 11.6 Å². The summed E-state index contributed by atoms with van der Waals surface area (Å²) in [7, 11) is 0. The van der Waals surface area contributed by atoms with Crippen molar-refractivity contribution in [2.24, 2.45) is 11.8 Å². The number of halogens is 2. The molecule has 0 spiro atoms. The largest absolute Gasteiger partial charge is 0.312 e. The second-order valence-electron chi connectivity index (χ2n) is 5.22. The van der Waals surface area contributed by atoms with Gasteiger partial charge in [0.05, 0.1) is 0 Å². The Kier molecular flexibility index (Phi) is 5.45. The van der Waals surface area contributed by atoms with E-state index in [9.17, 15) is 4.39 Å². The molecule has 100 valence electrons. The minimum atomic E-state index is -0.173. The molecule has 0 saturated heterocycles. The van der Waals surface area contributed by atoms with Crippen molar-refractivity contribution in [3.8, 4) is 0 Å². The van der Waals surface area contributed by atoms with Crippen molar-refractivity contribution in [3.63, 3.8) is 0 Å². The summed E-state index contributed by atoms with van der Waals surface area (Å²) in [6.07, 6.45) is 5.21. The molecule has 1 nitrogen and oxygen atoms in total. The maximum Gasteiger partial charge on any atom is 0.123 e. The Morgan fingerprint density at radius 2 is 1.78 bits per heavy atom. The molecule has 1 aliphatic carbocycles. The molecule has 2 unspecified atom stereocenters. The van der Waals surface area contributed by atoms with Crippen LogP contribution in [0.2, 0.25) is 0 Å². The van der Waals surface area contributed by atoms with Gasteiger partial charge in [0, 0.05) is 12.4 Å². The van der Waals surface area contributed by atoms with E-state index < -0.39 is 0 Å². The molecule has 0 aromatic heterocycles. The summed E-state index contributed by atoms with van der Waals surface area (Å²) in [4.78, 5) is 0. The zero-order valence-electron chi connectivity index (χ0n) is 10.7. The third-order valence-electron chi connectivity index (χ3n) is 3.91. The van der Waals surface area contributed by atoms with Crippen LogP contribution < -0.4 is 5.32 Å². The molecule has 1 saturated carbocycles. The standard InChI is InChI=1S/C15H21ClFN/c16-9-13-3-1-2-4-14(13)11-18-10-12-5-7-15(17)8-6-12/h5-8,13-14,18H,1-4,9-11H2. The van der Waals surface area contributed by atoms with Crippen LogP contribution in [-0.2, 0) is 6.54 Å². The van der Waals surface area contributed by atoms with Gasteiger partial charge < -0.3 is 5.32 Å². The Morgan fingerprint density at radius 3 is 2.44 bits per heavy atom. The van der Waals surface area contributed by atoms with Crippen LogP contribution in [0.5, 0.6) is 0 Å². The van der Waals surface area contributed by atoms with E-state index in [2.05, 4.69) is 5.32 Å². The van der Waals surface area contributed by atoms with E-state index >= 15 is 0 Å². The molecule has 1 aromatic rings. The number of benzene rings is 1. The molecule has 1 aromatic carbocycles. The van der Waals surface area contributed by atoms with Gasteiger partial charge in [0.15, 0.2) is 0 Å². The first-order chi connectivity index (χ1) is 8.79. The lowest BCUT2D eigenvalue weighted by Crippen LogP contribution is -2.31. The highest BCUT2D eigenvalue weighted by Gasteiger charge is 2.23. The van der Waals surface area contributed by atoms with Crippen molar-refractivity contribution in [1.82, 2.24) is 5.32 Å². The zero-order valence-corrected chi connectivity index (χ0v) is 11.4. The van der Waals surface area contributed by atoms with Crippen molar-refractivity contribution in [2.75, 3.05) is 12.4 Å². The Balaban J connectivity index is 1.75. The summed E-state index contributed by atoms with van der Waals surface area (Å²) in [5, 5.41) is 3.47. The highest BCUT2D eigenvalue weighted by molar-refractivity contribution is 6.18. The third kappa shape index (κ3) is 3.96. The summed E-state index contributed by atoms with van der Waals surface area (Å²) in [5.74, 6) is 1.98. The van der Waals surface area contributed by atoms with Crippen LogP contribution in [0.25, 0.3) is 0 Å². The Hall–Kier alpha value is -0.600. The van der Waals surface area contributed by atoms with E-state index in [-0.39, 0.29) is 5.82 Å². The van der Waals surface area contributed by atoms with Crippen LogP contribution >= 0.6 is 11.6 Å². The van der Waals surface area contributed by atoms with Crippen LogP contribution in [-0.4, -0.2) is 12.4 Å². The zero-order chi connectivity index (χ0) is 12.8. The van der Waals surface area contributed by atoms with Crippen molar-refractivity contribution in [3.05, 3.63) is 35.6 Å². The Bertz CT molecular complexity index is 352. The van der Waals surface area contributed by atoms with Gasteiger partial charge in [0.1, 0.15) is 5.82 Å². The topological polar surface area (TPSA) is 12.0 Å². The Labute approximate surface area is 114 Å². The van der Waals surface area contributed by atoms with Gasteiger partial charge in [0.2, 0.25) is 0 Å². The van der Waals surface area contributed by atoms with Crippen LogP contribution in [0.4, 0.5) is 4.39 Å². The van der Waals surface area contributed by atoms with E-state index in [1.807, 2.05) is 12.1 Å². The minimum Gasteiger partial charge on any atom is -0.312 e. The molecular formula is C15H21ClFN. The maximum absolute atomic E-state index is 12.8. The molecule has 0 heterocycles. The highest BCUT2D eigenvalue weighted by Crippen LogP contribution is 2.30. The number of nitrogens with one attached hydrogen (secondary N) is 1. The minimum absolute atomic E-state index is 0.173. The first-order valence-electron chi connectivity index (χ1n) is 6.80. The van der Waals surface area contributed by atoms with Gasteiger partial charge in [0.25, 0.3) is 0 Å². The lowest BCUT2D eigenvalue weighted by molar-refractivity contribution is 0.250. The molecule has 2 rings (SSSR count). The van der Waals surface area contributed by atoms with E-state index in [0.717, 1.165) is 24.5 Å². The van der Waals surface area contributed by atoms with E-state index in [4.69, 9.17) is 11.6 Å². The molecule has 1 fully saturated rings. The fourth-order valence-corrected chi connectivity index (χ4v) is 3.17. The van der Waals surface area contributed by atoms with Gasteiger partial charge in [-0.05, 0) is 48.9 Å². The summed E-state index contributed by atoms with van der Waals surface area (Å²) in [6.45, 7) is 1.83. The summed E-state index contributed by atoms with van der Waals surface area (Å²) >= 11 is 6.02. The van der Waals surface area contributed by atoms with E-state index in [1.54, 1.807) is 0 Å². The Morgan fingerprint density at radius 1 is 1.11 bits per heavy atom. The SMILES string of the molecule is Fc1ccc(CNCC2CCCCC2CCl)cc1. The fourth-order valence-electron chi connectivity index (χ4n) is 2.76. The molecule has 0 amide bonds. The molecule has 0 radical (unpaired) electrons. The van der Waals surface area contributed by atoms with Crippen LogP contribution in [0.3, 0.4) is 0 Å². The number of hydrogen-bond acceptors (Lipinski definition) is 1. The molecule has 0 aliphatic heterocycles. The highest BCUT2D eigenvalue weighted by atomic mass is 35.5. The average molecular weight is 270 g/mol. The molecule has 1 N–H and O–H groups in total. The van der Waals surface area contributed by atoms with Gasteiger partial charge in [-0.2, -0.15) is 0 Å². The quantitative estimate of drug-likeness (QED) is 0.798. The molecular weight excluding hydrogens is 249 g/mol. The van der Waals surface area contributed by atoms with Crippen molar-refractivity contribution in [2.45, 2.75) is 32.2 Å². The fraction of sp³-hybridized carbons (Fsp3) is 0.600. The van der Waals surface area contributed by atoms with Crippen molar-refractivity contribution < 1.29 is 4.39 Å². The lowest BCUT2D eigenvalue weighted by atomic mass is 9.80. The van der Waals surface area contributed by atoms with Gasteiger partial charge in [-0.3, -0.25) is 0 Å². The van der Waals surface area contributed by atoms with Crippen LogP contribution in [0.15, 0.2) is 24.3 Å². The second-order valence-corrected chi connectivity index (χ2v) is 5.52. The van der Waals surface area contributed by atoms with E-state index in [1.165, 1.54) is 37.8 Å². The monoisotopic (exact) mass is 269 g/mol. The predicted molar refractivity (Wildman–Crippen MR) is 74.3 cm³/mol. The maximum atomic E-state index is 12.8. The molecule has 2 atom stereocenters. The lowest BCUT2D eigenvalue weighted by Gasteiger charge is -2.30. The first-order valence-corrected chi connectivity index (χ1v) is 7.34. The van der Waals surface area contributed by atoms with Gasteiger partial charge in [-0.1, -0.05) is 25.0 Å². The van der Waals surface area contributed by atoms with Crippen LogP contribution in [0.1, 0.15) is 31.2 Å². The smallest absolute Gasteiger partial charge is 0.123 e. The van der Waals surface area contributed by atoms with Crippen molar-refractivity contribution in [1.29, 1.82) is 0 Å². The number of alkyl halides is 1. The third-order valence-corrected chi connectivity index (χ3v) is 4.31. The average Bonchev–Trinajstić information content (AvgIpc) is 2.41. The second kappa shape index (κ2) is 7.10. The predicted octanol–water partition coefficient (Wildman–Crippen LogP) is 3.96. The van der Waals surface area contributed by atoms with Crippen LogP contribution in [0, 0.1) is 17.7 Å². The first kappa shape index (κ1) is 13.8. The van der Waals surface area contributed by atoms with E-state index in [0.29, 0.717) is 11.8 Å². The molecule has 3 heteroatoms. The number of rotatable bonds is 5. The molecule has 18 heavy (non-hydrogen) atoms. The number of hydrogen-bond donors (Lipinski definition) is 1. The van der Waals surface area contributed by atoms with Gasteiger partial charge >= 0.3 is 0 Å². The normalized spacial score (nSPS) is 24.1. The van der Waals surface area contributed by atoms with Gasteiger partial charge in [-0.25, -0.2) is 4.39 Å². The molecule has 0 bridgehead atoms. The van der Waals surface area contributed by atoms with Crippen molar-refractivity contribution >= 4 is 11.6 Å². The summed E-state index contributed by atoms with van der Waals surface area (Å²) in [5.41, 5.74) is 1.13. The molecule has 1 aliphatic rings.